The largest absolute Gasteiger partial charge is 0.389 e. The van der Waals surface area contributed by atoms with E-state index in [0.717, 1.165) is 0 Å². The number of amides is 1. The number of hydrogen-bond donors (Lipinski definition) is 1. The quantitative estimate of drug-likeness (QED) is 0.732. The van der Waals surface area contributed by atoms with E-state index in [-0.39, 0.29) is 5.57 Å². The standard InChI is InChI=1S/C6H8F3NO.C5H12/c1-4(5(10)11)2-3-6(7,8)9;1-3-5-4-2/h1-3H2,(H2,10,11);3-5H2,1-2H3. The number of unbranched alkanes of at least 4 members (excludes halogenated alkanes) is 2. The van der Waals surface area contributed by atoms with E-state index in [1.165, 1.54) is 19.3 Å². The summed E-state index contributed by atoms with van der Waals surface area (Å²) >= 11 is 0. The minimum atomic E-state index is -4.25. The fourth-order valence-corrected chi connectivity index (χ4v) is 0.769. The molecule has 0 aromatic rings. The van der Waals surface area contributed by atoms with E-state index in [9.17, 15) is 18.0 Å². The van der Waals surface area contributed by atoms with Gasteiger partial charge in [-0.15, -0.1) is 0 Å². The summed E-state index contributed by atoms with van der Waals surface area (Å²) in [6.45, 7) is 7.51. The van der Waals surface area contributed by atoms with E-state index in [4.69, 9.17) is 0 Å². The Kier molecular flexibility index (Phi) is 10.0. The summed E-state index contributed by atoms with van der Waals surface area (Å²) in [5.74, 6) is -0.880. The highest BCUT2D eigenvalue weighted by Crippen LogP contribution is 2.23. The van der Waals surface area contributed by atoms with Crippen LogP contribution in [-0.4, -0.2) is 12.1 Å². The predicted octanol–water partition coefficient (Wildman–Crippen LogP) is 3.57. The molecule has 96 valence electrons. The van der Waals surface area contributed by atoms with Crippen LogP contribution in [0.1, 0.15) is 46.0 Å². The normalized spacial score (nSPS) is 10.3. The van der Waals surface area contributed by atoms with Gasteiger partial charge in [-0.05, 0) is 6.42 Å². The van der Waals surface area contributed by atoms with Gasteiger partial charge in [0.1, 0.15) is 0 Å². The lowest BCUT2D eigenvalue weighted by Crippen LogP contribution is -2.15. The summed E-state index contributed by atoms with van der Waals surface area (Å²) in [5, 5.41) is 0. The Labute approximate surface area is 94.7 Å². The van der Waals surface area contributed by atoms with Gasteiger partial charge in [0, 0.05) is 12.0 Å². The molecule has 0 aliphatic rings. The molecular weight excluding hydrogens is 219 g/mol. The molecule has 0 aliphatic carbocycles. The van der Waals surface area contributed by atoms with Gasteiger partial charge in [0.25, 0.3) is 0 Å². The summed E-state index contributed by atoms with van der Waals surface area (Å²) in [6, 6.07) is 0. The van der Waals surface area contributed by atoms with Gasteiger partial charge in [0.15, 0.2) is 0 Å². The second-order valence-corrected chi connectivity index (χ2v) is 3.44. The Morgan fingerprint density at radius 3 is 1.88 bits per heavy atom. The van der Waals surface area contributed by atoms with E-state index in [1.807, 2.05) is 0 Å². The number of hydrogen-bond acceptors (Lipinski definition) is 1. The maximum atomic E-state index is 11.5. The highest BCUT2D eigenvalue weighted by Gasteiger charge is 2.27. The zero-order chi connectivity index (χ0) is 13.2. The zero-order valence-electron chi connectivity index (χ0n) is 9.86. The average molecular weight is 239 g/mol. The van der Waals surface area contributed by atoms with Crippen LogP contribution in [0.4, 0.5) is 13.2 Å². The first-order valence-corrected chi connectivity index (χ1v) is 5.28. The van der Waals surface area contributed by atoms with Crippen molar-refractivity contribution in [2.45, 2.75) is 52.1 Å². The van der Waals surface area contributed by atoms with Crippen LogP contribution in [0.5, 0.6) is 0 Å². The number of carbonyl (C=O) groups is 1. The molecule has 2 nitrogen and oxygen atoms in total. The van der Waals surface area contributed by atoms with Gasteiger partial charge >= 0.3 is 6.18 Å². The lowest BCUT2D eigenvalue weighted by molar-refractivity contribution is -0.134. The van der Waals surface area contributed by atoms with E-state index in [0.29, 0.717) is 0 Å². The van der Waals surface area contributed by atoms with Crippen LogP contribution in [0, 0.1) is 0 Å². The van der Waals surface area contributed by atoms with E-state index in [2.05, 4.69) is 26.2 Å². The minimum Gasteiger partial charge on any atom is -0.366 e. The molecule has 0 saturated heterocycles. The first kappa shape index (κ1) is 17.4. The third-order valence-electron chi connectivity index (χ3n) is 1.77. The molecule has 0 saturated carbocycles. The summed E-state index contributed by atoms with van der Waals surface area (Å²) < 4.78 is 34.5. The second kappa shape index (κ2) is 9.24. The first-order chi connectivity index (χ1) is 7.24. The minimum absolute atomic E-state index is 0.192. The SMILES string of the molecule is C=C(CCC(F)(F)F)C(N)=O.CCCCC. The van der Waals surface area contributed by atoms with E-state index < -0.39 is 24.9 Å². The van der Waals surface area contributed by atoms with Crippen molar-refractivity contribution in [3.8, 4) is 0 Å². The highest BCUT2D eigenvalue weighted by molar-refractivity contribution is 5.91. The number of primary amides is 1. The summed E-state index contributed by atoms with van der Waals surface area (Å²) in [4.78, 5) is 10.2. The van der Waals surface area contributed by atoms with E-state index >= 15 is 0 Å². The molecule has 0 spiro atoms. The highest BCUT2D eigenvalue weighted by atomic mass is 19.4. The molecule has 0 radical (unpaired) electrons. The van der Waals surface area contributed by atoms with Gasteiger partial charge in [0.2, 0.25) is 5.91 Å². The Bertz CT molecular complexity index is 210. The van der Waals surface area contributed by atoms with Crippen LogP contribution in [0.3, 0.4) is 0 Å². The Morgan fingerprint density at radius 2 is 1.69 bits per heavy atom. The second-order valence-electron chi connectivity index (χ2n) is 3.44. The maximum Gasteiger partial charge on any atom is 0.389 e. The topological polar surface area (TPSA) is 43.1 Å². The third-order valence-corrected chi connectivity index (χ3v) is 1.77. The summed E-state index contributed by atoms with van der Waals surface area (Å²) in [6.07, 6.45) is -1.64. The van der Waals surface area contributed by atoms with Crippen molar-refractivity contribution in [2.24, 2.45) is 5.73 Å². The monoisotopic (exact) mass is 239 g/mol. The van der Waals surface area contributed by atoms with Crippen molar-refractivity contribution in [2.75, 3.05) is 0 Å². The van der Waals surface area contributed by atoms with Gasteiger partial charge in [-0.25, -0.2) is 0 Å². The van der Waals surface area contributed by atoms with Gasteiger partial charge < -0.3 is 5.73 Å². The number of rotatable bonds is 5. The van der Waals surface area contributed by atoms with Crippen LogP contribution in [0.15, 0.2) is 12.2 Å². The molecule has 0 unspecified atom stereocenters. The molecule has 2 N–H and O–H groups in total. The van der Waals surface area contributed by atoms with Gasteiger partial charge in [-0.1, -0.05) is 39.7 Å². The van der Waals surface area contributed by atoms with Crippen molar-refractivity contribution in [3.63, 3.8) is 0 Å². The van der Waals surface area contributed by atoms with Gasteiger partial charge in [-0.2, -0.15) is 13.2 Å². The first-order valence-electron chi connectivity index (χ1n) is 5.28. The lowest BCUT2D eigenvalue weighted by atomic mass is 10.1. The van der Waals surface area contributed by atoms with Crippen LogP contribution in [0.25, 0.3) is 0 Å². The molecule has 1 amide bonds. The molecule has 0 bridgehead atoms. The number of nitrogens with two attached hydrogens (primary N) is 1. The molecule has 0 aromatic heterocycles. The average Bonchev–Trinajstić information content (AvgIpc) is 2.15. The summed E-state index contributed by atoms with van der Waals surface area (Å²) in [7, 11) is 0. The molecule has 0 fully saturated rings. The molecule has 0 rings (SSSR count). The third kappa shape index (κ3) is 15.5. The van der Waals surface area contributed by atoms with Gasteiger partial charge in [-0.3, -0.25) is 4.79 Å². The number of halogens is 3. The van der Waals surface area contributed by atoms with Crippen molar-refractivity contribution in [3.05, 3.63) is 12.2 Å². The van der Waals surface area contributed by atoms with E-state index in [1.54, 1.807) is 0 Å². The number of alkyl halides is 3. The molecule has 0 heterocycles. The predicted molar refractivity (Wildman–Crippen MR) is 58.8 cm³/mol. The Morgan fingerprint density at radius 1 is 1.25 bits per heavy atom. The van der Waals surface area contributed by atoms with Crippen LogP contribution in [0.2, 0.25) is 0 Å². The van der Waals surface area contributed by atoms with Crippen molar-refractivity contribution < 1.29 is 18.0 Å². The lowest BCUT2D eigenvalue weighted by Gasteiger charge is -2.04. The zero-order valence-corrected chi connectivity index (χ0v) is 9.86. The van der Waals surface area contributed by atoms with Gasteiger partial charge in [0.05, 0.1) is 0 Å². The number of carbonyl (C=O) groups excluding carboxylic acids is 1. The van der Waals surface area contributed by atoms with Crippen molar-refractivity contribution in [1.82, 2.24) is 0 Å². The summed E-state index contributed by atoms with van der Waals surface area (Å²) in [5.41, 5.74) is 4.47. The maximum absolute atomic E-state index is 11.5. The molecule has 0 atom stereocenters. The van der Waals surface area contributed by atoms with Crippen LogP contribution < -0.4 is 5.73 Å². The fourth-order valence-electron chi connectivity index (χ4n) is 0.769. The Balaban J connectivity index is 0. The Hall–Kier alpha value is -1.00. The van der Waals surface area contributed by atoms with Crippen molar-refractivity contribution in [1.29, 1.82) is 0 Å². The molecular formula is C11H20F3NO. The molecule has 0 aliphatic heterocycles. The smallest absolute Gasteiger partial charge is 0.366 e. The molecule has 5 heteroatoms. The van der Waals surface area contributed by atoms with Crippen LogP contribution in [-0.2, 0) is 4.79 Å². The van der Waals surface area contributed by atoms with Crippen molar-refractivity contribution >= 4 is 5.91 Å². The fraction of sp³-hybridized carbons (Fsp3) is 0.727. The van der Waals surface area contributed by atoms with Crippen LogP contribution >= 0.6 is 0 Å². The molecule has 0 aromatic carbocycles. The molecule has 16 heavy (non-hydrogen) atoms.